The predicted molar refractivity (Wildman–Crippen MR) is 76.7 cm³/mol. The highest BCUT2D eigenvalue weighted by Gasteiger charge is 2.07. The van der Waals surface area contributed by atoms with Crippen LogP contribution in [0.2, 0.25) is 5.02 Å². The van der Waals surface area contributed by atoms with E-state index in [1.165, 1.54) is 0 Å². The molecule has 0 aliphatic rings. The second-order valence-corrected chi connectivity index (χ2v) is 4.89. The molecule has 0 aliphatic carbocycles. The molecule has 0 saturated heterocycles. The minimum absolute atomic E-state index is 0.470. The summed E-state index contributed by atoms with van der Waals surface area (Å²) in [5.74, 6) is 0.888. The number of ether oxygens (including phenoxy) is 1. The van der Waals surface area contributed by atoms with Crippen molar-refractivity contribution in [1.29, 1.82) is 0 Å². The monoisotopic (exact) mass is 272 g/mol. The lowest BCUT2D eigenvalue weighted by Gasteiger charge is -2.07. The number of hydrogen-bond donors (Lipinski definition) is 0. The van der Waals surface area contributed by atoms with Crippen molar-refractivity contribution in [2.45, 2.75) is 13.5 Å². The van der Waals surface area contributed by atoms with Gasteiger partial charge in [-0.25, -0.2) is 0 Å². The summed E-state index contributed by atoms with van der Waals surface area (Å²) in [6.45, 7) is 2.50. The molecule has 3 rings (SSSR count). The molecule has 2 aromatic carbocycles. The highest BCUT2D eigenvalue weighted by atomic mass is 35.5. The number of benzene rings is 2. The van der Waals surface area contributed by atoms with Gasteiger partial charge in [0.1, 0.15) is 17.9 Å². The number of furan rings is 1. The molecular weight excluding hydrogens is 260 g/mol. The Labute approximate surface area is 116 Å². The van der Waals surface area contributed by atoms with Gasteiger partial charge in [-0.1, -0.05) is 29.8 Å². The van der Waals surface area contributed by atoms with Gasteiger partial charge in [-0.05, 0) is 36.8 Å². The van der Waals surface area contributed by atoms with Gasteiger partial charge >= 0.3 is 0 Å². The van der Waals surface area contributed by atoms with E-state index in [0.29, 0.717) is 11.6 Å². The Balaban J connectivity index is 1.86. The normalized spacial score (nSPS) is 10.8. The van der Waals surface area contributed by atoms with Gasteiger partial charge in [0.2, 0.25) is 0 Å². The average molecular weight is 273 g/mol. The maximum absolute atomic E-state index is 6.01. The Bertz CT molecular complexity index is 716. The van der Waals surface area contributed by atoms with Gasteiger partial charge < -0.3 is 9.15 Å². The molecule has 0 unspecified atom stereocenters. The summed E-state index contributed by atoms with van der Waals surface area (Å²) in [6, 6.07) is 13.5. The summed E-state index contributed by atoms with van der Waals surface area (Å²) < 4.78 is 11.3. The molecule has 0 aliphatic heterocycles. The van der Waals surface area contributed by atoms with Crippen LogP contribution in [-0.2, 0) is 6.61 Å². The first-order valence-corrected chi connectivity index (χ1v) is 6.46. The number of aryl methyl sites for hydroxylation is 1. The lowest BCUT2D eigenvalue weighted by molar-refractivity contribution is 0.304. The number of hydrogen-bond acceptors (Lipinski definition) is 2. The highest BCUT2D eigenvalue weighted by Crippen LogP contribution is 2.26. The van der Waals surface area contributed by atoms with E-state index < -0.39 is 0 Å². The molecule has 0 saturated carbocycles. The van der Waals surface area contributed by atoms with Crippen molar-refractivity contribution in [3.05, 3.63) is 64.9 Å². The first-order chi connectivity index (χ1) is 9.24. The molecule has 0 N–H and O–H groups in total. The van der Waals surface area contributed by atoms with E-state index in [9.17, 15) is 0 Å². The van der Waals surface area contributed by atoms with Crippen molar-refractivity contribution < 1.29 is 9.15 Å². The van der Waals surface area contributed by atoms with Crippen molar-refractivity contribution in [2.75, 3.05) is 0 Å². The third-order valence-electron chi connectivity index (χ3n) is 3.09. The van der Waals surface area contributed by atoms with Crippen LogP contribution in [0, 0.1) is 6.92 Å². The Morgan fingerprint density at radius 1 is 1.16 bits per heavy atom. The Kier molecular flexibility index (Phi) is 3.18. The van der Waals surface area contributed by atoms with E-state index >= 15 is 0 Å². The first kappa shape index (κ1) is 12.1. The van der Waals surface area contributed by atoms with Gasteiger partial charge in [-0.15, -0.1) is 0 Å². The third kappa shape index (κ3) is 2.45. The van der Waals surface area contributed by atoms with Gasteiger partial charge in [-0.2, -0.15) is 0 Å². The number of para-hydroxylation sites is 1. The molecule has 2 nitrogen and oxygen atoms in total. The molecule has 1 aromatic heterocycles. The van der Waals surface area contributed by atoms with Crippen LogP contribution >= 0.6 is 11.6 Å². The molecule has 3 heteroatoms. The zero-order valence-electron chi connectivity index (χ0n) is 10.5. The second kappa shape index (κ2) is 4.98. The van der Waals surface area contributed by atoms with Crippen molar-refractivity contribution in [1.82, 2.24) is 0 Å². The second-order valence-electron chi connectivity index (χ2n) is 4.46. The zero-order chi connectivity index (χ0) is 13.2. The zero-order valence-corrected chi connectivity index (χ0v) is 11.3. The minimum Gasteiger partial charge on any atom is -0.488 e. The molecule has 0 bridgehead atoms. The average Bonchev–Trinajstić information content (AvgIpc) is 2.80. The standard InChI is InChI=1S/C16H13ClO2/c1-11-4-2-3-5-15(11)18-9-12-10-19-16-7-6-13(17)8-14(12)16/h2-8,10H,9H2,1H3. The fourth-order valence-electron chi connectivity index (χ4n) is 2.04. The van der Waals surface area contributed by atoms with Crippen LogP contribution in [0.25, 0.3) is 11.0 Å². The van der Waals surface area contributed by atoms with E-state index in [1.807, 2.05) is 49.4 Å². The van der Waals surface area contributed by atoms with Crippen LogP contribution < -0.4 is 4.74 Å². The topological polar surface area (TPSA) is 22.4 Å². The van der Waals surface area contributed by atoms with E-state index in [1.54, 1.807) is 6.26 Å². The smallest absolute Gasteiger partial charge is 0.134 e. The van der Waals surface area contributed by atoms with Crippen LogP contribution in [-0.4, -0.2) is 0 Å². The number of fused-ring (bicyclic) bond motifs is 1. The van der Waals surface area contributed by atoms with Gasteiger partial charge in [0, 0.05) is 16.0 Å². The first-order valence-electron chi connectivity index (χ1n) is 6.08. The number of rotatable bonds is 3. The summed E-state index contributed by atoms with van der Waals surface area (Å²) in [5, 5.41) is 1.70. The third-order valence-corrected chi connectivity index (χ3v) is 3.33. The molecule has 3 aromatic rings. The van der Waals surface area contributed by atoms with Crippen molar-refractivity contribution in [2.24, 2.45) is 0 Å². The summed E-state index contributed by atoms with van der Waals surface area (Å²) >= 11 is 6.01. The summed E-state index contributed by atoms with van der Waals surface area (Å²) in [5.41, 5.74) is 2.95. The Morgan fingerprint density at radius 2 is 2.00 bits per heavy atom. The van der Waals surface area contributed by atoms with Gasteiger partial charge in [0.15, 0.2) is 0 Å². The molecular formula is C16H13ClO2. The molecule has 0 radical (unpaired) electrons. The van der Waals surface area contributed by atoms with E-state index in [2.05, 4.69) is 0 Å². The molecule has 0 atom stereocenters. The molecule has 19 heavy (non-hydrogen) atoms. The summed E-state index contributed by atoms with van der Waals surface area (Å²) in [7, 11) is 0. The fraction of sp³-hybridized carbons (Fsp3) is 0.125. The lowest BCUT2D eigenvalue weighted by Crippen LogP contribution is -1.95. The van der Waals surface area contributed by atoms with E-state index in [4.69, 9.17) is 20.8 Å². The number of halogens is 1. The van der Waals surface area contributed by atoms with Crippen molar-refractivity contribution in [3.8, 4) is 5.75 Å². The molecule has 1 heterocycles. The maximum atomic E-state index is 6.01. The predicted octanol–water partition coefficient (Wildman–Crippen LogP) is 4.97. The SMILES string of the molecule is Cc1ccccc1OCc1coc2ccc(Cl)cc12. The summed E-state index contributed by atoms with van der Waals surface area (Å²) in [6.07, 6.45) is 1.72. The summed E-state index contributed by atoms with van der Waals surface area (Å²) in [4.78, 5) is 0. The molecule has 0 spiro atoms. The van der Waals surface area contributed by atoms with Crippen LogP contribution in [0.3, 0.4) is 0 Å². The van der Waals surface area contributed by atoms with Crippen LogP contribution in [0.4, 0.5) is 0 Å². The van der Waals surface area contributed by atoms with Crippen LogP contribution in [0.15, 0.2) is 53.1 Å². The highest BCUT2D eigenvalue weighted by molar-refractivity contribution is 6.31. The maximum Gasteiger partial charge on any atom is 0.134 e. The van der Waals surface area contributed by atoms with E-state index in [-0.39, 0.29) is 0 Å². The minimum atomic E-state index is 0.470. The Hall–Kier alpha value is -1.93. The molecule has 0 amide bonds. The fourth-order valence-corrected chi connectivity index (χ4v) is 2.21. The quantitative estimate of drug-likeness (QED) is 0.671. The van der Waals surface area contributed by atoms with Crippen molar-refractivity contribution in [3.63, 3.8) is 0 Å². The van der Waals surface area contributed by atoms with E-state index in [0.717, 1.165) is 27.8 Å². The van der Waals surface area contributed by atoms with Crippen LogP contribution in [0.5, 0.6) is 5.75 Å². The Morgan fingerprint density at radius 3 is 2.84 bits per heavy atom. The largest absolute Gasteiger partial charge is 0.488 e. The van der Waals surface area contributed by atoms with Crippen LogP contribution in [0.1, 0.15) is 11.1 Å². The lowest BCUT2D eigenvalue weighted by atomic mass is 10.2. The molecule has 96 valence electrons. The molecule has 0 fully saturated rings. The van der Waals surface area contributed by atoms with Gasteiger partial charge in [0.25, 0.3) is 0 Å². The van der Waals surface area contributed by atoms with Crippen molar-refractivity contribution >= 4 is 22.6 Å². The van der Waals surface area contributed by atoms with Gasteiger partial charge in [-0.3, -0.25) is 0 Å². The van der Waals surface area contributed by atoms with Gasteiger partial charge in [0.05, 0.1) is 6.26 Å².